The van der Waals surface area contributed by atoms with Crippen molar-refractivity contribution >= 4 is 5.82 Å². The van der Waals surface area contributed by atoms with E-state index in [9.17, 15) is 23.4 Å². The summed E-state index contributed by atoms with van der Waals surface area (Å²) in [4.78, 5) is 1.91. The summed E-state index contributed by atoms with van der Waals surface area (Å²) in [6.45, 7) is 3.13. The van der Waals surface area contributed by atoms with Gasteiger partial charge in [0, 0.05) is 18.7 Å². The molecule has 0 radical (unpaired) electrons. The number of nitrogens with zero attached hydrogens (tertiary/aromatic N) is 3. The second-order valence-electron chi connectivity index (χ2n) is 6.28. The second kappa shape index (κ2) is 7.69. The molecule has 1 saturated heterocycles. The molecule has 2 N–H and O–H groups in total. The number of alkyl halides is 3. The van der Waals surface area contributed by atoms with Gasteiger partial charge in [0.25, 0.3) is 0 Å². The standard InChI is InChI=1S/C18H20F3N3O3/c1-2-11-7-12(18(19,20)21)8-15(26)17(11)14-3-4-16(23-22-14)24-5-6-27-13(9-24)10-25/h3-4,7-8,13,25-26H,2,5-6,9-10H2,1H3/t13-/m0/s1. The van der Waals surface area contributed by atoms with Gasteiger partial charge in [-0.3, -0.25) is 0 Å². The molecule has 1 aromatic carbocycles. The fraction of sp³-hybridized carbons (Fsp3) is 0.444. The molecule has 2 aromatic rings. The van der Waals surface area contributed by atoms with Gasteiger partial charge in [-0.1, -0.05) is 6.92 Å². The van der Waals surface area contributed by atoms with Crippen molar-refractivity contribution in [1.29, 1.82) is 0 Å². The predicted molar refractivity (Wildman–Crippen MR) is 92.6 cm³/mol. The van der Waals surface area contributed by atoms with Crippen molar-refractivity contribution in [3.8, 4) is 17.0 Å². The minimum absolute atomic E-state index is 0.0959. The second-order valence-corrected chi connectivity index (χ2v) is 6.28. The van der Waals surface area contributed by atoms with E-state index in [0.29, 0.717) is 49.3 Å². The summed E-state index contributed by atoms with van der Waals surface area (Å²) in [6, 6.07) is 5.04. The van der Waals surface area contributed by atoms with Crippen LogP contribution in [0.4, 0.5) is 19.0 Å². The Hall–Kier alpha value is -2.39. The summed E-state index contributed by atoms with van der Waals surface area (Å²) in [5.74, 6) is 0.0976. The van der Waals surface area contributed by atoms with Crippen LogP contribution in [0.25, 0.3) is 11.3 Å². The minimum atomic E-state index is -4.53. The highest BCUT2D eigenvalue weighted by molar-refractivity contribution is 5.72. The highest BCUT2D eigenvalue weighted by Gasteiger charge is 2.32. The van der Waals surface area contributed by atoms with E-state index in [1.54, 1.807) is 19.1 Å². The molecule has 146 valence electrons. The molecule has 0 amide bonds. The van der Waals surface area contributed by atoms with E-state index < -0.39 is 17.5 Å². The van der Waals surface area contributed by atoms with E-state index >= 15 is 0 Å². The van der Waals surface area contributed by atoms with Crippen LogP contribution < -0.4 is 4.90 Å². The van der Waals surface area contributed by atoms with Gasteiger partial charge in [-0.15, -0.1) is 10.2 Å². The lowest BCUT2D eigenvalue weighted by molar-refractivity contribution is -0.137. The largest absolute Gasteiger partial charge is 0.507 e. The zero-order valence-electron chi connectivity index (χ0n) is 14.7. The van der Waals surface area contributed by atoms with E-state index in [0.717, 1.165) is 6.07 Å². The third-order valence-electron chi connectivity index (χ3n) is 4.48. The third kappa shape index (κ3) is 4.14. The van der Waals surface area contributed by atoms with Crippen molar-refractivity contribution in [3.05, 3.63) is 35.4 Å². The highest BCUT2D eigenvalue weighted by atomic mass is 19.4. The maximum Gasteiger partial charge on any atom is 0.416 e. The van der Waals surface area contributed by atoms with Crippen molar-refractivity contribution in [2.75, 3.05) is 31.2 Å². The third-order valence-corrected chi connectivity index (χ3v) is 4.48. The van der Waals surface area contributed by atoms with Crippen LogP contribution >= 0.6 is 0 Å². The van der Waals surface area contributed by atoms with Crippen molar-refractivity contribution in [3.63, 3.8) is 0 Å². The van der Waals surface area contributed by atoms with Crippen molar-refractivity contribution in [2.45, 2.75) is 25.6 Å². The average molecular weight is 383 g/mol. The number of ether oxygens (including phenoxy) is 1. The molecule has 3 rings (SSSR count). The molecule has 0 bridgehead atoms. The first-order chi connectivity index (χ1) is 12.8. The molecular weight excluding hydrogens is 363 g/mol. The number of hydrogen-bond donors (Lipinski definition) is 2. The molecule has 6 nitrogen and oxygen atoms in total. The average Bonchev–Trinajstić information content (AvgIpc) is 2.66. The smallest absolute Gasteiger partial charge is 0.416 e. The summed E-state index contributed by atoms with van der Waals surface area (Å²) in [5.41, 5.74) is -0.00168. The van der Waals surface area contributed by atoms with E-state index in [2.05, 4.69) is 10.2 Å². The molecule has 0 unspecified atom stereocenters. The van der Waals surface area contributed by atoms with E-state index in [-0.39, 0.29) is 18.3 Å². The Bertz CT molecular complexity index is 797. The quantitative estimate of drug-likeness (QED) is 0.845. The van der Waals surface area contributed by atoms with Crippen molar-refractivity contribution in [1.82, 2.24) is 10.2 Å². The van der Waals surface area contributed by atoms with Crippen LogP contribution in [0.15, 0.2) is 24.3 Å². The molecule has 0 aliphatic carbocycles. The molecule has 9 heteroatoms. The van der Waals surface area contributed by atoms with Gasteiger partial charge < -0.3 is 19.8 Å². The number of aryl methyl sites for hydroxylation is 1. The number of rotatable bonds is 4. The summed E-state index contributed by atoms with van der Waals surface area (Å²) in [7, 11) is 0. The van der Waals surface area contributed by atoms with Crippen LogP contribution in [-0.2, 0) is 17.3 Å². The number of aliphatic hydroxyl groups excluding tert-OH is 1. The van der Waals surface area contributed by atoms with Gasteiger partial charge in [0.1, 0.15) is 5.75 Å². The number of hydrogen-bond acceptors (Lipinski definition) is 6. The number of benzene rings is 1. The van der Waals surface area contributed by atoms with Crippen LogP contribution in [0.3, 0.4) is 0 Å². The molecule has 1 aliphatic rings. The van der Waals surface area contributed by atoms with Crippen LogP contribution in [0.1, 0.15) is 18.1 Å². The maximum atomic E-state index is 13.0. The Morgan fingerprint density at radius 1 is 1.26 bits per heavy atom. The maximum absolute atomic E-state index is 13.0. The Kier molecular flexibility index (Phi) is 5.52. The Balaban J connectivity index is 1.91. The number of halogens is 3. The van der Waals surface area contributed by atoms with Crippen LogP contribution in [0.5, 0.6) is 5.75 Å². The number of phenolic OH excluding ortho intramolecular Hbond substituents is 1. The van der Waals surface area contributed by atoms with Crippen molar-refractivity contribution in [2.24, 2.45) is 0 Å². The highest BCUT2D eigenvalue weighted by Crippen LogP contribution is 2.39. The SMILES string of the molecule is CCc1cc(C(F)(F)F)cc(O)c1-c1ccc(N2CCO[C@H](CO)C2)nn1. The summed E-state index contributed by atoms with van der Waals surface area (Å²) < 4.78 is 44.3. The normalized spacial score (nSPS) is 18.0. The number of morpholine rings is 1. The number of anilines is 1. The fourth-order valence-corrected chi connectivity index (χ4v) is 3.09. The van der Waals surface area contributed by atoms with Gasteiger partial charge in [0.05, 0.1) is 30.6 Å². The van der Waals surface area contributed by atoms with Gasteiger partial charge in [0.2, 0.25) is 0 Å². The first kappa shape index (κ1) is 19.4. The van der Waals surface area contributed by atoms with Crippen LogP contribution in [0, 0.1) is 0 Å². The molecule has 1 atom stereocenters. The lowest BCUT2D eigenvalue weighted by atomic mass is 9.97. The number of aliphatic hydroxyl groups is 1. The zero-order chi connectivity index (χ0) is 19.6. The Morgan fingerprint density at radius 2 is 2.04 bits per heavy atom. The monoisotopic (exact) mass is 383 g/mol. The molecule has 1 aromatic heterocycles. The van der Waals surface area contributed by atoms with Gasteiger partial charge in [-0.05, 0) is 36.2 Å². The lowest BCUT2D eigenvalue weighted by Gasteiger charge is -2.32. The fourth-order valence-electron chi connectivity index (χ4n) is 3.09. The first-order valence-electron chi connectivity index (χ1n) is 8.58. The minimum Gasteiger partial charge on any atom is -0.507 e. The molecule has 0 spiro atoms. The predicted octanol–water partition coefficient (Wildman–Crippen LogP) is 2.63. The zero-order valence-corrected chi connectivity index (χ0v) is 14.7. The van der Waals surface area contributed by atoms with Gasteiger partial charge in [0.15, 0.2) is 5.82 Å². The molecule has 27 heavy (non-hydrogen) atoms. The molecule has 1 aliphatic heterocycles. The van der Waals surface area contributed by atoms with Gasteiger partial charge in [-0.25, -0.2) is 0 Å². The van der Waals surface area contributed by atoms with Crippen LogP contribution in [0.2, 0.25) is 0 Å². The van der Waals surface area contributed by atoms with Crippen LogP contribution in [-0.4, -0.2) is 52.8 Å². The van der Waals surface area contributed by atoms with Gasteiger partial charge in [-0.2, -0.15) is 13.2 Å². The number of phenols is 1. The van der Waals surface area contributed by atoms with Gasteiger partial charge >= 0.3 is 6.18 Å². The molecule has 1 fully saturated rings. The van der Waals surface area contributed by atoms with Crippen molar-refractivity contribution < 1.29 is 28.1 Å². The topological polar surface area (TPSA) is 78.7 Å². The summed E-state index contributed by atoms with van der Waals surface area (Å²) >= 11 is 0. The molecular formula is C18H20F3N3O3. The molecule has 0 saturated carbocycles. The Morgan fingerprint density at radius 3 is 2.63 bits per heavy atom. The first-order valence-corrected chi connectivity index (χ1v) is 8.58. The van der Waals surface area contributed by atoms with E-state index in [1.807, 2.05) is 4.90 Å². The summed E-state index contributed by atoms with van der Waals surface area (Å²) in [5, 5.41) is 27.6. The number of aromatic hydroxyl groups is 1. The summed E-state index contributed by atoms with van der Waals surface area (Å²) in [6.07, 6.45) is -4.53. The Labute approximate surface area is 154 Å². The lowest BCUT2D eigenvalue weighted by Crippen LogP contribution is -2.44. The molecule has 2 heterocycles. The number of aromatic nitrogens is 2. The van der Waals surface area contributed by atoms with E-state index in [4.69, 9.17) is 4.74 Å². The van der Waals surface area contributed by atoms with E-state index in [1.165, 1.54) is 0 Å².